The highest BCUT2D eigenvalue weighted by molar-refractivity contribution is 9.10. The molecule has 0 spiro atoms. The number of benzene rings is 2. The highest BCUT2D eigenvalue weighted by atomic mass is 79.9. The van der Waals surface area contributed by atoms with E-state index in [1.165, 1.54) is 11.8 Å². The molecule has 0 saturated heterocycles. The van der Waals surface area contributed by atoms with E-state index in [1.54, 1.807) is 11.9 Å². The maximum Gasteiger partial charge on any atom is 0.234 e. The zero-order valence-electron chi connectivity index (χ0n) is 15.4. The zero-order chi connectivity index (χ0) is 19.6. The van der Waals surface area contributed by atoms with Crippen molar-refractivity contribution >= 4 is 45.2 Å². The molecule has 0 saturated carbocycles. The molecule has 27 heavy (non-hydrogen) atoms. The van der Waals surface area contributed by atoms with Gasteiger partial charge in [-0.15, -0.1) is 11.8 Å². The molecule has 2 aromatic carbocycles. The van der Waals surface area contributed by atoms with Crippen LogP contribution in [0.4, 0.5) is 5.69 Å². The molecular weight excluding hydrogens is 428 g/mol. The zero-order valence-corrected chi connectivity index (χ0v) is 17.8. The predicted octanol–water partition coefficient (Wildman–Crippen LogP) is 3.97. The fraction of sp³-hybridized carbons (Fsp3) is 0.300. The molecule has 0 bridgehead atoms. The Morgan fingerprint density at radius 1 is 1.15 bits per heavy atom. The number of nitrogens with zero attached hydrogens (tertiary/aromatic N) is 1. The second-order valence-corrected chi connectivity index (χ2v) is 7.88. The average molecular weight is 451 g/mol. The molecule has 0 aliphatic rings. The number of amides is 2. The molecule has 1 N–H and O–H groups in total. The van der Waals surface area contributed by atoms with Crippen LogP contribution in [0.15, 0.2) is 53.0 Å². The first-order valence-electron chi connectivity index (χ1n) is 8.51. The lowest BCUT2D eigenvalue weighted by atomic mass is 10.2. The second-order valence-electron chi connectivity index (χ2n) is 5.98. The van der Waals surface area contributed by atoms with Gasteiger partial charge in [0.2, 0.25) is 11.8 Å². The van der Waals surface area contributed by atoms with Gasteiger partial charge < -0.3 is 15.0 Å². The van der Waals surface area contributed by atoms with Crippen molar-refractivity contribution in [2.45, 2.75) is 6.92 Å². The van der Waals surface area contributed by atoms with Crippen LogP contribution < -0.4 is 10.1 Å². The molecule has 5 nitrogen and oxygen atoms in total. The van der Waals surface area contributed by atoms with E-state index in [-0.39, 0.29) is 23.3 Å². The first-order valence-corrected chi connectivity index (χ1v) is 10.5. The van der Waals surface area contributed by atoms with Gasteiger partial charge in [0, 0.05) is 17.2 Å². The van der Waals surface area contributed by atoms with Gasteiger partial charge in [-0.2, -0.15) is 0 Å². The normalized spacial score (nSPS) is 10.3. The molecule has 0 fully saturated rings. The number of nitrogens with one attached hydrogen (secondary N) is 1. The van der Waals surface area contributed by atoms with Crippen LogP contribution in [0.3, 0.4) is 0 Å². The van der Waals surface area contributed by atoms with Crippen LogP contribution in [0.2, 0.25) is 0 Å². The Kier molecular flexibility index (Phi) is 8.67. The maximum absolute atomic E-state index is 12.1. The van der Waals surface area contributed by atoms with Crippen molar-refractivity contribution in [3.63, 3.8) is 0 Å². The molecule has 0 heterocycles. The summed E-state index contributed by atoms with van der Waals surface area (Å²) in [5.74, 6) is 1.16. The number of hydrogen-bond acceptors (Lipinski definition) is 4. The van der Waals surface area contributed by atoms with Crippen molar-refractivity contribution in [1.29, 1.82) is 0 Å². The second kappa shape index (κ2) is 11.0. The minimum absolute atomic E-state index is 0.0244. The molecule has 0 atom stereocenters. The van der Waals surface area contributed by atoms with Gasteiger partial charge in [-0.3, -0.25) is 9.59 Å². The topological polar surface area (TPSA) is 58.6 Å². The Hall–Kier alpha value is -1.99. The Bertz CT molecular complexity index is 785. The van der Waals surface area contributed by atoms with E-state index in [0.29, 0.717) is 13.2 Å². The predicted molar refractivity (Wildman–Crippen MR) is 114 cm³/mol. The van der Waals surface area contributed by atoms with Crippen molar-refractivity contribution in [2.75, 3.05) is 37.0 Å². The number of likely N-dealkylation sites (N-methyl/N-ethyl adjacent to an activating group) is 1. The molecule has 0 aromatic heterocycles. The largest absolute Gasteiger partial charge is 0.491 e. The summed E-state index contributed by atoms with van der Waals surface area (Å²) in [6.07, 6.45) is 0. The van der Waals surface area contributed by atoms with Crippen molar-refractivity contribution < 1.29 is 14.3 Å². The summed E-state index contributed by atoms with van der Waals surface area (Å²) in [6.45, 7) is 2.92. The summed E-state index contributed by atoms with van der Waals surface area (Å²) in [7, 11) is 1.74. The van der Waals surface area contributed by atoms with E-state index in [0.717, 1.165) is 21.5 Å². The van der Waals surface area contributed by atoms with E-state index in [4.69, 9.17) is 4.74 Å². The molecule has 0 radical (unpaired) electrons. The Balaban J connectivity index is 1.64. The highest BCUT2D eigenvalue weighted by Gasteiger charge is 2.11. The summed E-state index contributed by atoms with van der Waals surface area (Å²) >= 11 is 4.66. The number of aryl methyl sites for hydroxylation is 1. The van der Waals surface area contributed by atoms with Gasteiger partial charge in [0.1, 0.15) is 12.4 Å². The minimum atomic E-state index is -0.128. The molecular formula is C20H23BrN2O3S. The quantitative estimate of drug-likeness (QED) is 0.627. The van der Waals surface area contributed by atoms with E-state index in [9.17, 15) is 9.59 Å². The molecule has 7 heteroatoms. The van der Waals surface area contributed by atoms with Crippen LogP contribution in [0.25, 0.3) is 0 Å². The molecule has 0 unspecified atom stereocenters. The lowest BCUT2D eigenvalue weighted by molar-refractivity contribution is -0.127. The number of hydrogen-bond donors (Lipinski definition) is 1. The number of carbonyl (C=O) groups is 2. The van der Waals surface area contributed by atoms with Crippen molar-refractivity contribution in [3.8, 4) is 5.75 Å². The minimum Gasteiger partial charge on any atom is -0.491 e. The fourth-order valence-corrected chi connectivity index (χ4v) is 3.39. The Morgan fingerprint density at radius 3 is 2.67 bits per heavy atom. The number of halogens is 1. The van der Waals surface area contributed by atoms with Gasteiger partial charge in [-0.25, -0.2) is 0 Å². The molecule has 2 rings (SSSR count). The van der Waals surface area contributed by atoms with Gasteiger partial charge in [0.05, 0.1) is 18.1 Å². The number of anilines is 1. The van der Waals surface area contributed by atoms with Crippen LogP contribution >= 0.6 is 27.7 Å². The number of ether oxygens (including phenoxy) is 1. The Labute approximate surface area is 172 Å². The molecule has 2 aromatic rings. The van der Waals surface area contributed by atoms with Crippen LogP contribution in [0.1, 0.15) is 5.56 Å². The third-order valence-corrected chi connectivity index (χ3v) is 5.18. The number of carbonyl (C=O) groups excluding carboxylic acids is 2. The monoisotopic (exact) mass is 450 g/mol. The van der Waals surface area contributed by atoms with E-state index >= 15 is 0 Å². The first kappa shape index (κ1) is 21.3. The van der Waals surface area contributed by atoms with Crippen LogP contribution in [0.5, 0.6) is 5.75 Å². The number of rotatable bonds is 9. The van der Waals surface area contributed by atoms with Crippen LogP contribution in [-0.4, -0.2) is 48.4 Å². The molecule has 144 valence electrons. The van der Waals surface area contributed by atoms with E-state index < -0.39 is 0 Å². The van der Waals surface area contributed by atoms with Crippen molar-refractivity contribution in [2.24, 2.45) is 0 Å². The van der Waals surface area contributed by atoms with Gasteiger partial charge >= 0.3 is 0 Å². The third-order valence-electron chi connectivity index (χ3n) is 3.77. The summed E-state index contributed by atoms with van der Waals surface area (Å²) in [6, 6.07) is 15.2. The Morgan fingerprint density at radius 2 is 1.93 bits per heavy atom. The van der Waals surface area contributed by atoms with Crippen LogP contribution in [-0.2, 0) is 9.59 Å². The van der Waals surface area contributed by atoms with E-state index in [2.05, 4.69) is 21.2 Å². The molecule has 2 amide bonds. The SMILES string of the molecule is Cc1ccccc1OCCN(C)C(=O)CSCC(=O)Nc1cccc(Br)c1. The van der Waals surface area contributed by atoms with E-state index in [1.807, 2.05) is 55.5 Å². The van der Waals surface area contributed by atoms with Crippen LogP contribution in [0, 0.1) is 6.92 Å². The summed E-state index contributed by atoms with van der Waals surface area (Å²) in [5, 5.41) is 2.81. The number of thioether (sulfide) groups is 1. The summed E-state index contributed by atoms with van der Waals surface area (Å²) in [5.41, 5.74) is 1.80. The standard InChI is InChI=1S/C20H23BrN2O3S/c1-15-6-3-4-9-18(15)26-11-10-23(2)20(25)14-27-13-19(24)22-17-8-5-7-16(21)12-17/h3-9,12H,10-11,13-14H2,1-2H3,(H,22,24). The molecule has 0 aliphatic carbocycles. The average Bonchev–Trinajstić information content (AvgIpc) is 2.63. The van der Waals surface area contributed by atoms with Crippen molar-refractivity contribution in [1.82, 2.24) is 4.90 Å². The third kappa shape index (κ3) is 7.64. The number of para-hydroxylation sites is 1. The first-order chi connectivity index (χ1) is 13.0. The summed E-state index contributed by atoms with van der Waals surface area (Å²) < 4.78 is 6.61. The van der Waals surface area contributed by atoms with Gasteiger partial charge in [0.15, 0.2) is 0 Å². The summed E-state index contributed by atoms with van der Waals surface area (Å²) in [4.78, 5) is 25.7. The smallest absolute Gasteiger partial charge is 0.234 e. The lowest BCUT2D eigenvalue weighted by Gasteiger charge is -2.18. The van der Waals surface area contributed by atoms with Gasteiger partial charge in [-0.05, 0) is 36.8 Å². The maximum atomic E-state index is 12.1. The lowest BCUT2D eigenvalue weighted by Crippen LogP contribution is -2.32. The van der Waals surface area contributed by atoms with Crippen molar-refractivity contribution in [3.05, 3.63) is 58.6 Å². The molecule has 0 aliphatic heterocycles. The highest BCUT2D eigenvalue weighted by Crippen LogP contribution is 2.17. The van der Waals surface area contributed by atoms with Gasteiger partial charge in [0.25, 0.3) is 0 Å². The fourth-order valence-electron chi connectivity index (χ4n) is 2.24. The van der Waals surface area contributed by atoms with Gasteiger partial charge in [-0.1, -0.05) is 40.2 Å².